The van der Waals surface area contributed by atoms with E-state index in [1.807, 2.05) is 135 Å². The number of carbonyl (C=O) groups excluding carboxylic acids is 2. The summed E-state index contributed by atoms with van der Waals surface area (Å²) in [6.07, 6.45) is -0.784. The quantitative estimate of drug-likeness (QED) is 0.0822. The Kier molecular flexibility index (Phi) is 46.1. The zero-order valence-electron chi connectivity index (χ0n) is 25.5. The number of esters is 2. The minimum absolute atomic E-state index is 0. The predicted octanol–water partition coefficient (Wildman–Crippen LogP) is 6.91. The van der Waals surface area contributed by atoms with Crippen molar-refractivity contribution in [1.29, 1.82) is 0 Å². The van der Waals surface area contributed by atoms with Crippen LogP contribution in [0.5, 0.6) is 0 Å². The molecule has 0 bridgehead atoms. The van der Waals surface area contributed by atoms with Gasteiger partial charge in [-0.2, -0.15) is 72.8 Å². The van der Waals surface area contributed by atoms with Crippen LogP contribution in [0, 0.1) is 14.9 Å². The average Bonchev–Trinajstić information content (AvgIpc) is 3.79. The first-order chi connectivity index (χ1) is 18.5. The minimum atomic E-state index is -1.89. The van der Waals surface area contributed by atoms with Crippen LogP contribution in [0.3, 0.4) is 0 Å². The molecule has 0 saturated heterocycles. The van der Waals surface area contributed by atoms with Crippen molar-refractivity contribution in [3.8, 4) is 0 Å². The maximum absolute atomic E-state index is 11.3. The number of ether oxygens (including phenoxy) is 2. The Morgan fingerprint density at radius 1 is 0.548 bits per heavy atom. The van der Waals surface area contributed by atoms with Gasteiger partial charge in [-0.25, -0.2) is 58.1 Å². The molecule has 0 aliphatic carbocycles. The molecule has 4 rings (SSSR count). The van der Waals surface area contributed by atoms with Crippen molar-refractivity contribution in [2.24, 2.45) is 0 Å². The summed E-state index contributed by atoms with van der Waals surface area (Å²) < 4.78 is 9.37. The summed E-state index contributed by atoms with van der Waals surface area (Å²) in [5.41, 5.74) is 0. The topological polar surface area (TPSA) is 93.1 Å². The molecular formula is C34H48Hf2O6-6. The largest absolute Gasteiger partial charge is 0.464 e. The Morgan fingerprint density at radius 3 is 0.905 bits per heavy atom. The second kappa shape index (κ2) is 39.0. The molecule has 8 heteroatoms. The molecule has 0 spiro atoms. The van der Waals surface area contributed by atoms with Crippen LogP contribution in [0.15, 0.2) is 121 Å². The molecule has 4 aromatic carbocycles. The summed E-state index contributed by atoms with van der Waals surface area (Å²) in [7, 11) is 0. The van der Waals surface area contributed by atoms with Crippen molar-refractivity contribution in [1.82, 2.24) is 0 Å². The molecule has 2 atom stereocenters. The number of rotatable bonds is 9. The molecule has 0 aromatic heterocycles. The number of carbonyl (C=O) groups is 2. The van der Waals surface area contributed by atoms with E-state index in [1.165, 1.54) is 0 Å². The van der Waals surface area contributed by atoms with Crippen molar-refractivity contribution in [2.75, 3.05) is 13.2 Å². The number of aliphatic hydroxyl groups excluding tert-OH is 2. The third kappa shape index (κ3) is 32.5. The van der Waals surface area contributed by atoms with Crippen LogP contribution in [0.1, 0.15) is 39.5 Å². The third-order valence-electron chi connectivity index (χ3n) is 4.49. The summed E-state index contributed by atoms with van der Waals surface area (Å²) in [5.74, 6) is -2.02. The van der Waals surface area contributed by atoms with Gasteiger partial charge in [0.05, 0.1) is 13.2 Å². The van der Waals surface area contributed by atoms with Crippen molar-refractivity contribution in [3.63, 3.8) is 0 Å². The van der Waals surface area contributed by atoms with Gasteiger partial charge in [0, 0.05) is 51.7 Å². The zero-order valence-corrected chi connectivity index (χ0v) is 32.7. The van der Waals surface area contributed by atoms with Gasteiger partial charge in [0.15, 0.2) is 12.2 Å². The number of hydrogen-bond donors (Lipinski definition) is 2. The first kappa shape index (κ1) is 49.7. The fourth-order valence-electron chi connectivity index (χ4n) is 2.35. The van der Waals surface area contributed by atoms with E-state index in [4.69, 9.17) is 0 Å². The average molecular weight is 910 g/mol. The minimum Gasteiger partial charge on any atom is -0.464 e. The number of hydrogen-bond acceptors (Lipinski definition) is 6. The molecule has 6 nitrogen and oxygen atoms in total. The van der Waals surface area contributed by atoms with E-state index >= 15 is 0 Å². The van der Waals surface area contributed by atoms with E-state index < -0.39 is 24.1 Å². The molecule has 0 aliphatic rings. The van der Waals surface area contributed by atoms with Crippen LogP contribution in [-0.4, -0.2) is 47.6 Å². The van der Waals surface area contributed by atoms with Crippen molar-refractivity contribution in [2.45, 2.75) is 51.7 Å². The molecule has 2 N–H and O–H groups in total. The van der Waals surface area contributed by atoms with E-state index in [1.54, 1.807) is 0 Å². The van der Waals surface area contributed by atoms with Crippen LogP contribution < -0.4 is 0 Å². The summed E-state index contributed by atoms with van der Waals surface area (Å²) in [6, 6.07) is 40.0. The summed E-state index contributed by atoms with van der Waals surface area (Å²) in [6.45, 7) is 4.16. The van der Waals surface area contributed by atoms with Crippen LogP contribution >= 0.6 is 0 Å². The van der Waals surface area contributed by atoms with Gasteiger partial charge in [-0.15, -0.1) is 0 Å². The van der Waals surface area contributed by atoms with Gasteiger partial charge in [0.25, 0.3) is 0 Å². The molecule has 0 aliphatic heterocycles. The standard InChI is InChI=1S/C12H22O6.4C5H5.2CH3.2Hf/c1-3-5-7-17-11(15)9(13)10(14)12(16)18-8-6-4-2;4*1-2-4-5-3-1;;;;/h9-10,13-14H,3-8H2,1-2H3;4*1-5H;2*1H3;;/q;6*-1;;. The van der Waals surface area contributed by atoms with Crippen LogP contribution in [0.2, 0.25) is 0 Å². The molecule has 2 unspecified atom stereocenters. The molecule has 0 amide bonds. The molecule has 4 aromatic rings. The molecule has 42 heavy (non-hydrogen) atoms. The second-order valence-electron chi connectivity index (χ2n) is 7.78. The zero-order chi connectivity index (χ0) is 28.1. The molecule has 0 saturated carbocycles. The van der Waals surface area contributed by atoms with Gasteiger partial charge in [0.2, 0.25) is 0 Å². The third-order valence-corrected chi connectivity index (χ3v) is 4.49. The Balaban J connectivity index is -0.000000154. The normalized spacial score (nSPS) is 9.71. The molecule has 0 fully saturated rings. The van der Waals surface area contributed by atoms with Gasteiger partial charge >= 0.3 is 11.9 Å². The van der Waals surface area contributed by atoms with E-state index in [0.29, 0.717) is 12.8 Å². The first-order valence-corrected chi connectivity index (χ1v) is 12.9. The van der Waals surface area contributed by atoms with Gasteiger partial charge in [-0.05, 0) is 12.8 Å². The summed E-state index contributed by atoms with van der Waals surface area (Å²) in [5, 5.41) is 18.8. The summed E-state index contributed by atoms with van der Waals surface area (Å²) >= 11 is 0. The van der Waals surface area contributed by atoms with Gasteiger partial charge in [-0.3, -0.25) is 0 Å². The predicted molar refractivity (Wildman–Crippen MR) is 165 cm³/mol. The molecular weight excluding hydrogens is 861 g/mol. The fourth-order valence-corrected chi connectivity index (χ4v) is 2.35. The van der Waals surface area contributed by atoms with E-state index in [2.05, 4.69) is 9.47 Å². The van der Waals surface area contributed by atoms with Crippen LogP contribution in [0.4, 0.5) is 0 Å². The molecule has 0 radical (unpaired) electrons. The maximum atomic E-state index is 11.3. The first-order valence-electron chi connectivity index (χ1n) is 12.9. The van der Waals surface area contributed by atoms with Gasteiger partial charge < -0.3 is 34.5 Å². The van der Waals surface area contributed by atoms with E-state index in [0.717, 1.165) is 12.8 Å². The molecule has 234 valence electrons. The van der Waals surface area contributed by atoms with Gasteiger partial charge in [-0.1, -0.05) is 26.7 Å². The Hall–Kier alpha value is -2.00. The Morgan fingerprint density at radius 2 is 0.762 bits per heavy atom. The van der Waals surface area contributed by atoms with Crippen molar-refractivity contribution >= 4 is 11.9 Å². The van der Waals surface area contributed by atoms with Crippen molar-refractivity contribution in [3.05, 3.63) is 136 Å². The monoisotopic (exact) mass is 912 g/mol. The SMILES string of the molecule is CCCCOC(=O)C(O)C(O)C(=O)OCCCC.[CH3-].[CH3-].[Hf].[Hf].c1cc[cH-]c1.c1cc[cH-]c1.c1cc[cH-]c1.c1cc[cH-]c1. The second-order valence-corrected chi connectivity index (χ2v) is 7.78. The maximum Gasteiger partial charge on any atom is 0.338 e. The smallest absolute Gasteiger partial charge is 0.338 e. The summed E-state index contributed by atoms with van der Waals surface area (Å²) in [4.78, 5) is 22.5. The Bertz CT molecular complexity index is 721. The van der Waals surface area contributed by atoms with Crippen LogP contribution in [0.25, 0.3) is 0 Å². The number of aliphatic hydroxyl groups is 2. The fraction of sp³-hybridized carbons (Fsp3) is 0.294. The Labute approximate surface area is 292 Å². The van der Waals surface area contributed by atoms with E-state index in [9.17, 15) is 19.8 Å². The van der Waals surface area contributed by atoms with Crippen LogP contribution in [-0.2, 0) is 70.7 Å². The van der Waals surface area contributed by atoms with Gasteiger partial charge in [0.1, 0.15) is 0 Å². The number of unbranched alkanes of at least 4 members (excludes halogenated alkanes) is 2. The molecule has 0 heterocycles. The van der Waals surface area contributed by atoms with E-state index in [-0.39, 0.29) is 79.8 Å². The van der Waals surface area contributed by atoms with Crippen molar-refractivity contribution < 1.29 is 81.0 Å².